The molecule has 0 aliphatic carbocycles. The molecule has 92 valence electrons. The van der Waals surface area contributed by atoms with Crippen molar-refractivity contribution in [2.75, 3.05) is 24.5 Å². The molecule has 1 heterocycles. The number of nitriles is 1. The highest BCUT2D eigenvalue weighted by atomic mass is 15.1. The number of rotatable bonds is 5. The maximum atomic E-state index is 8.84. The Morgan fingerprint density at radius 1 is 1.53 bits per heavy atom. The van der Waals surface area contributed by atoms with Gasteiger partial charge in [0.15, 0.2) is 0 Å². The Morgan fingerprint density at radius 2 is 2.24 bits per heavy atom. The first-order chi connectivity index (χ1) is 8.02. The number of aromatic nitrogens is 1. The van der Waals surface area contributed by atoms with E-state index in [1.165, 1.54) is 0 Å². The second-order valence-electron chi connectivity index (χ2n) is 4.89. The van der Waals surface area contributed by atoms with Gasteiger partial charge in [-0.05, 0) is 31.0 Å². The summed E-state index contributed by atoms with van der Waals surface area (Å²) in [5, 5.41) is 8.84. The molecular formula is C13H20N4. The van der Waals surface area contributed by atoms with Gasteiger partial charge in [-0.15, -0.1) is 0 Å². The number of anilines is 1. The van der Waals surface area contributed by atoms with Gasteiger partial charge in [0.1, 0.15) is 11.8 Å². The van der Waals surface area contributed by atoms with Gasteiger partial charge in [-0.1, -0.05) is 13.8 Å². The summed E-state index contributed by atoms with van der Waals surface area (Å²) >= 11 is 0. The molecule has 0 spiro atoms. The highest BCUT2D eigenvalue weighted by Gasteiger charge is 2.19. The molecule has 0 aliphatic rings. The fourth-order valence-electron chi connectivity index (χ4n) is 1.64. The zero-order valence-corrected chi connectivity index (χ0v) is 10.8. The topological polar surface area (TPSA) is 65.9 Å². The van der Waals surface area contributed by atoms with Crippen LogP contribution in [0.1, 0.15) is 26.5 Å². The van der Waals surface area contributed by atoms with Gasteiger partial charge in [-0.2, -0.15) is 5.26 Å². The number of pyridine rings is 1. The molecule has 0 saturated carbocycles. The van der Waals surface area contributed by atoms with E-state index in [1.807, 2.05) is 12.1 Å². The van der Waals surface area contributed by atoms with E-state index in [9.17, 15) is 0 Å². The molecule has 2 N–H and O–H groups in total. The van der Waals surface area contributed by atoms with Crippen molar-refractivity contribution in [2.24, 2.45) is 11.1 Å². The van der Waals surface area contributed by atoms with Gasteiger partial charge in [0, 0.05) is 25.0 Å². The smallest absolute Gasteiger partial charge is 0.142 e. The largest absolute Gasteiger partial charge is 0.371 e. The zero-order valence-electron chi connectivity index (χ0n) is 10.8. The average Bonchev–Trinajstić information content (AvgIpc) is 2.36. The number of hydrogen-bond donors (Lipinski definition) is 1. The van der Waals surface area contributed by atoms with E-state index < -0.39 is 0 Å². The van der Waals surface area contributed by atoms with Gasteiger partial charge in [0.2, 0.25) is 0 Å². The first-order valence-corrected chi connectivity index (χ1v) is 5.83. The first-order valence-electron chi connectivity index (χ1n) is 5.83. The van der Waals surface area contributed by atoms with Crippen molar-refractivity contribution in [1.82, 2.24) is 4.98 Å². The molecule has 0 saturated heterocycles. The van der Waals surface area contributed by atoms with Crippen molar-refractivity contribution < 1.29 is 0 Å². The summed E-state index contributed by atoms with van der Waals surface area (Å²) in [5.74, 6) is 0. The Morgan fingerprint density at radius 3 is 2.76 bits per heavy atom. The molecule has 4 nitrogen and oxygen atoms in total. The number of hydrogen-bond acceptors (Lipinski definition) is 4. The summed E-state index contributed by atoms with van der Waals surface area (Å²) < 4.78 is 0. The van der Waals surface area contributed by atoms with E-state index in [4.69, 9.17) is 11.0 Å². The lowest BCUT2D eigenvalue weighted by Gasteiger charge is -2.32. The molecule has 0 radical (unpaired) electrons. The van der Waals surface area contributed by atoms with E-state index in [0.29, 0.717) is 12.2 Å². The van der Waals surface area contributed by atoms with Crippen LogP contribution in [-0.2, 0) is 0 Å². The van der Waals surface area contributed by atoms with Crippen molar-refractivity contribution >= 4 is 5.69 Å². The molecule has 0 aromatic carbocycles. The fourth-order valence-corrected chi connectivity index (χ4v) is 1.64. The number of nitrogens with zero attached hydrogens (tertiary/aromatic N) is 3. The molecule has 1 rings (SSSR count). The van der Waals surface area contributed by atoms with Crippen LogP contribution in [0.25, 0.3) is 0 Å². The molecule has 0 fully saturated rings. The minimum atomic E-state index is 0.0616. The maximum absolute atomic E-state index is 8.84. The molecule has 0 amide bonds. The second-order valence-corrected chi connectivity index (χ2v) is 4.89. The summed E-state index contributed by atoms with van der Waals surface area (Å²) in [6.07, 6.45) is 1.67. The second kappa shape index (κ2) is 5.65. The summed E-state index contributed by atoms with van der Waals surface area (Å²) in [7, 11) is 0. The molecule has 4 heteroatoms. The third-order valence-corrected chi connectivity index (χ3v) is 2.78. The van der Waals surface area contributed by atoms with Crippen LogP contribution in [0.5, 0.6) is 0 Å². The van der Waals surface area contributed by atoms with Gasteiger partial charge in [-0.3, -0.25) is 0 Å². The highest BCUT2D eigenvalue weighted by molar-refractivity contribution is 5.48. The predicted molar refractivity (Wildman–Crippen MR) is 69.7 cm³/mol. The minimum Gasteiger partial charge on any atom is -0.371 e. The molecule has 17 heavy (non-hydrogen) atoms. The minimum absolute atomic E-state index is 0.0616. The van der Waals surface area contributed by atoms with Crippen molar-refractivity contribution in [2.45, 2.75) is 20.8 Å². The standard InChI is InChI=1S/C13H20N4/c1-4-17(10-13(2,3)9-15)12-5-6-16-11(7-12)8-14/h5-7H,4,9-10,15H2,1-3H3. The van der Waals surface area contributed by atoms with Gasteiger partial charge in [0.25, 0.3) is 0 Å². The fraction of sp³-hybridized carbons (Fsp3) is 0.538. The van der Waals surface area contributed by atoms with Crippen LogP contribution in [0.15, 0.2) is 18.3 Å². The normalized spacial score (nSPS) is 11.0. The van der Waals surface area contributed by atoms with Crippen LogP contribution in [0.3, 0.4) is 0 Å². The Bertz CT molecular complexity index is 406. The Kier molecular flexibility index (Phi) is 4.47. The van der Waals surface area contributed by atoms with Crippen LogP contribution < -0.4 is 10.6 Å². The van der Waals surface area contributed by atoms with Crippen LogP contribution in [0.4, 0.5) is 5.69 Å². The summed E-state index contributed by atoms with van der Waals surface area (Å²) in [4.78, 5) is 6.20. The third kappa shape index (κ3) is 3.72. The van der Waals surface area contributed by atoms with E-state index in [0.717, 1.165) is 18.8 Å². The van der Waals surface area contributed by atoms with Crippen molar-refractivity contribution in [1.29, 1.82) is 5.26 Å². The Balaban J connectivity index is 2.90. The SMILES string of the molecule is CCN(CC(C)(C)CN)c1ccnc(C#N)c1. The van der Waals surface area contributed by atoms with Gasteiger partial charge < -0.3 is 10.6 Å². The molecule has 1 aromatic rings. The summed E-state index contributed by atoms with van der Waals surface area (Å²) in [5.41, 5.74) is 7.29. The summed E-state index contributed by atoms with van der Waals surface area (Å²) in [6.45, 7) is 8.77. The van der Waals surface area contributed by atoms with E-state index in [-0.39, 0.29) is 5.41 Å². The zero-order chi connectivity index (χ0) is 12.9. The lowest BCUT2D eigenvalue weighted by atomic mass is 9.93. The lowest BCUT2D eigenvalue weighted by molar-refractivity contribution is 0.380. The Hall–Kier alpha value is -1.60. The van der Waals surface area contributed by atoms with Gasteiger partial charge in [0.05, 0.1) is 0 Å². The quantitative estimate of drug-likeness (QED) is 0.840. The van der Waals surface area contributed by atoms with Crippen LogP contribution in [0.2, 0.25) is 0 Å². The molecule has 0 aliphatic heterocycles. The molecule has 1 aromatic heterocycles. The van der Waals surface area contributed by atoms with Crippen LogP contribution in [0, 0.1) is 16.7 Å². The van der Waals surface area contributed by atoms with Gasteiger partial charge in [-0.25, -0.2) is 4.98 Å². The molecule has 0 unspecified atom stereocenters. The third-order valence-electron chi connectivity index (χ3n) is 2.78. The van der Waals surface area contributed by atoms with Crippen LogP contribution >= 0.6 is 0 Å². The van der Waals surface area contributed by atoms with Crippen molar-refractivity contribution in [3.8, 4) is 6.07 Å². The van der Waals surface area contributed by atoms with Crippen LogP contribution in [-0.4, -0.2) is 24.6 Å². The van der Waals surface area contributed by atoms with E-state index in [2.05, 4.69) is 36.7 Å². The Labute approximate surface area is 103 Å². The first kappa shape index (κ1) is 13.5. The summed E-state index contributed by atoms with van der Waals surface area (Å²) in [6, 6.07) is 5.80. The van der Waals surface area contributed by atoms with Crippen molar-refractivity contribution in [3.05, 3.63) is 24.0 Å². The average molecular weight is 232 g/mol. The maximum Gasteiger partial charge on any atom is 0.142 e. The lowest BCUT2D eigenvalue weighted by Crippen LogP contribution is -2.38. The predicted octanol–water partition coefficient (Wildman–Crippen LogP) is 1.76. The van der Waals surface area contributed by atoms with E-state index >= 15 is 0 Å². The molecular weight excluding hydrogens is 212 g/mol. The van der Waals surface area contributed by atoms with Crippen molar-refractivity contribution in [3.63, 3.8) is 0 Å². The monoisotopic (exact) mass is 232 g/mol. The molecule has 0 atom stereocenters. The van der Waals surface area contributed by atoms with Gasteiger partial charge >= 0.3 is 0 Å². The highest BCUT2D eigenvalue weighted by Crippen LogP contribution is 2.21. The molecule has 0 bridgehead atoms. The van der Waals surface area contributed by atoms with E-state index in [1.54, 1.807) is 6.20 Å². The number of nitrogens with two attached hydrogens (primary N) is 1.